The third-order valence-corrected chi connectivity index (χ3v) is 5.79. The molecule has 1 N–H and O–H groups in total. The van der Waals surface area contributed by atoms with Crippen LogP contribution in [-0.4, -0.2) is 29.0 Å². The molecular weight excluding hydrogens is 367 g/mol. The summed E-state index contributed by atoms with van der Waals surface area (Å²) in [6.45, 7) is 3.70. The van der Waals surface area contributed by atoms with Crippen molar-refractivity contribution >= 4 is 23.2 Å². The number of thiazole rings is 1. The minimum absolute atomic E-state index is 0.136. The van der Waals surface area contributed by atoms with Crippen molar-refractivity contribution in [2.45, 2.75) is 51.7 Å². The van der Waals surface area contributed by atoms with Crippen LogP contribution in [-0.2, 0) is 9.53 Å². The second-order valence-corrected chi connectivity index (χ2v) is 7.83. The quantitative estimate of drug-likeness (QED) is 0.778. The Morgan fingerprint density at radius 3 is 2.67 bits per heavy atom. The summed E-state index contributed by atoms with van der Waals surface area (Å²) in [5.41, 5.74) is 0.863. The van der Waals surface area contributed by atoms with E-state index in [-0.39, 0.29) is 23.5 Å². The zero-order chi connectivity index (χ0) is 19.4. The summed E-state index contributed by atoms with van der Waals surface area (Å²) < 4.78 is 18.3. The molecule has 0 bridgehead atoms. The number of rotatable bonds is 5. The van der Waals surface area contributed by atoms with Crippen molar-refractivity contribution in [2.75, 3.05) is 0 Å². The average Bonchev–Trinajstić information content (AvgIpc) is 3.14. The minimum Gasteiger partial charge on any atom is -0.448 e. The van der Waals surface area contributed by atoms with E-state index < -0.39 is 12.1 Å². The number of esters is 1. The van der Waals surface area contributed by atoms with Gasteiger partial charge in [-0.3, -0.25) is 4.79 Å². The number of hydrogen-bond donors (Lipinski definition) is 1. The topological polar surface area (TPSA) is 68.3 Å². The summed E-state index contributed by atoms with van der Waals surface area (Å²) in [5, 5.41) is 5.16. The summed E-state index contributed by atoms with van der Waals surface area (Å²) in [5.74, 6) is -0.820. The van der Waals surface area contributed by atoms with Gasteiger partial charge < -0.3 is 10.1 Å². The number of nitrogens with one attached hydrogen (secondary N) is 1. The molecule has 1 aromatic heterocycles. The van der Waals surface area contributed by atoms with Crippen LogP contribution < -0.4 is 5.32 Å². The standard InChI is InChI=1S/C20H23FN2O3S/c1-12-5-3-4-6-16(12)22-18(24)13(2)26-20(25)17-11-27-19(23-17)14-7-9-15(21)10-8-14/h7-13,16H,3-6H2,1-2H3,(H,22,24)/t12-,13+,16+/m0/s1. The molecule has 0 spiro atoms. The zero-order valence-electron chi connectivity index (χ0n) is 15.4. The highest BCUT2D eigenvalue weighted by Crippen LogP contribution is 2.25. The van der Waals surface area contributed by atoms with Gasteiger partial charge in [0.05, 0.1) is 0 Å². The summed E-state index contributed by atoms with van der Waals surface area (Å²) in [6.07, 6.45) is 3.47. The molecule has 0 radical (unpaired) electrons. The molecule has 5 nitrogen and oxygen atoms in total. The highest BCUT2D eigenvalue weighted by atomic mass is 32.1. The molecule has 0 unspecified atom stereocenters. The monoisotopic (exact) mass is 390 g/mol. The smallest absolute Gasteiger partial charge is 0.358 e. The fourth-order valence-electron chi connectivity index (χ4n) is 3.20. The average molecular weight is 390 g/mol. The lowest BCUT2D eigenvalue weighted by molar-refractivity contribution is -0.130. The van der Waals surface area contributed by atoms with Gasteiger partial charge >= 0.3 is 5.97 Å². The van der Waals surface area contributed by atoms with Crippen LogP contribution in [0.1, 0.15) is 50.0 Å². The molecule has 3 rings (SSSR count). The Morgan fingerprint density at radius 1 is 1.26 bits per heavy atom. The molecule has 0 aliphatic heterocycles. The minimum atomic E-state index is -0.886. The van der Waals surface area contributed by atoms with Gasteiger partial charge in [-0.15, -0.1) is 11.3 Å². The van der Waals surface area contributed by atoms with Crippen LogP contribution in [0.15, 0.2) is 29.6 Å². The van der Waals surface area contributed by atoms with Crippen molar-refractivity contribution < 1.29 is 18.7 Å². The summed E-state index contributed by atoms with van der Waals surface area (Å²) in [7, 11) is 0. The molecule has 1 saturated carbocycles. The van der Waals surface area contributed by atoms with E-state index in [0.717, 1.165) is 24.8 Å². The number of carbonyl (C=O) groups is 2. The van der Waals surface area contributed by atoms with Crippen molar-refractivity contribution in [3.8, 4) is 10.6 Å². The van der Waals surface area contributed by atoms with Gasteiger partial charge in [-0.1, -0.05) is 19.8 Å². The summed E-state index contributed by atoms with van der Waals surface area (Å²) >= 11 is 1.27. The Bertz CT molecular complexity index is 806. The number of amides is 1. The van der Waals surface area contributed by atoms with Crippen molar-refractivity contribution in [1.82, 2.24) is 10.3 Å². The van der Waals surface area contributed by atoms with Crippen LogP contribution in [0.2, 0.25) is 0 Å². The number of ether oxygens (including phenoxy) is 1. The largest absolute Gasteiger partial charge is 0.448 e. The lowest BCUT2D eigenvalue weighted by Crippen LogP contribution is -2.46. The normalized spacial score (nSPS) is 20.7. The molecule has 1 aliphatic carbocycles. The second kappa shape index (κ2) is 8.61. The van der Waals surface area contributed by atoms with Gasteiger partial charge in [0.15, 0.2) is 11.8 Å². The molecule has 1 aromatic carbocycles. The van der Waals surface area contributed by atoms with Gasteiger partial charge in [0.25, 0.3) is 5.91 Å². The first-order valence-electron chi connectivity index (χ1n) is 9.17. The molecule has 1 fully saturated rings. The number of nitrogens with zero attached hydrogens (tertiary/aromatic N) is 1. The maximum absolute atomic E-state index is 13.0. The Balaban J connectivity index is 1.58. The molecule has 3 atom stereocenters. The Kier molecular flexibility index (Phi) is 6.21. The summed E-state index contributed by atoms with van der Waals surface area (Å²) in [4.78, 5) is 28.9. The zero-order valence-corrected chi connectivity index (χ0v) is 16.2. The van der Waals surface area contributed by atoms with E-state index in [1.807, 2.05) is 0 Å². The number of carbonyl (C=O) groups excluding carboxylic acids is 2. The van der Waals surface area contributed by atoms with Crippen LogP contribution in [0.4, 0.5) is 4.39 Å². The Labute approximate surface area is 162 Å². The Morgan fingerprint density at radius 2 is 1.96 bits per heavy atom. The molecule has 1 amide bonds. The van der Waals surface area contributed by atoms with Gasteiger partial charge in [-0.05, 0) is 49.9 Å². The van der Waals surface area contributed by atoms with E-state index in [0.29, 0.717) is 10.9 Å². The molecule has 144 valence electrons. The van der Waals surface area contributed by atoms with Crippen LogP contribution >= 0.6 is 11.3 Å². The van der Waals surface area contributed by atoms with Crippen LogP contribution in [0, 0.1) is 11.7 Å². The second-order valence-electron chi connectivity index (χ2n) is 6.97. The third kappa shape index (κ3) is 4.91. The number of hydrogen-bond acceptors (Lipinski definition) is 5. The van der Waals surface area contributed by atoms with E-state index in [1.165, 1.54) is 29.9 Å². The maximum Gasteiger partial charge on any atom is 0.358 e. The third-order valence-electron chi connectivity index (χ3n) is 4.90. The van der Waals surface area contributed by atoms with Gasteiger partial charge in [0, 0.05) is 17.0 Å². The predicted octanol–water partition coefficient (Wildman–Crippen LogP) is 4.19. The highest BCUT2D eigenvalue weighted by Gasteiger charge is 2.27. The first-order valence-corrected chi connectivity index (χ1v) is 10.0. The van der Waals surface area contributed by atoms with E-state index >= 15 is 0 Å². The predicted molar refractivity (Wildman–Crippen MR) is 102 cm³/mol. The van der Waals surface area contributed by atoms with Gasteiger partial charge in [-0.2, -0.15) is 0 Å². The SMILES string of the molecule is C[C@@H](OC(=O)c1csc(-c2ccc(F)cc2)n1)C(=O)N[C@@H]1CCCC[C@@H]1C. The first kappa shape index (κ1) is 19.5. The fourth-order valence-corrected chi connectivity index (χ4v) is 3.99. The lowest BCUT2D eigenvalue weighted by atomic mass is 9.86. The molecule has 7 heteroatoms. The lowest BCUT2D eigenvalue weighted by Gasteiger charge is -2.30. The van der Waals surface area contributed by atoms with E-state index in [4.69, 9.17) is 4.74 Å². The van der Waals surface area contributed by atoms with Crippen molar-refractivity contribution in [1.29, 1.82) is 0 Å². The van der Waals surface area contributed by atoms with Crippen molar-refractivity contribution in [3.05, 3.63) is 41.2 Å². The molecule has 1 heterocycles. The number of halogens is 1. The van der Waals surface area contributed by atoms with Gasteiger partial charge in [-0.25, -0.2) is 14.2 Å². The van der Waals surface area contributed by atoms with E-state index in [2.05, 4.69) is 17.2 Å². The first-order chi connectivity index (χ1) is 12.9. The molecule has 27 heavy (non-hydrogen) atoms. The molecular formula is C20H23FN2O3S. The van der Waals surface area contributed by atoms with Crippen LogP contribution in [0.5, 0.6) is 0 Å². The highest BCUT2D eigenvalue weighted by molar-refractivity contribution is 7.13. The van der Waals surface area contributed by atoms with Gasteiger partial charge in [0.2, 0.25) is 0 Å². The molecule has 2 aromatic rings. The van der Waals surface area contributed by atoms with E-state index in [1.54, 1.807) is 24.4 Å². The number of aromatic nitrogens is 1. The fraction of sp³-hybridized carbons (Fsp3) is 0.450. The van der Waals surface area contributed by atoms with Crippen molar-refractivity contribution in [2.24, 2.45) is 5.92 Å². The van der Waals surface area contributed by atoms with Gasteiger partial charge in [0.1, 0.15) is 10.8 Å². The van der Waals surface area contributed by atoms with E-state index in [9.17, 15) is 14.0 Å². The summed E-state index contributed by atoms with van der Waals surface area (Å²) in [6, 6.07) is 6.02. The number of benzene rings is 1. The van der Waals surface area contributed by atoms with Crippen molar-refractivity contribution in [3.63, 3.8) is 0 Å². The van der Waals surface area contributed by atoms with Crippen LogP contribution in [0.3, 0.4) is 0 Å². The maximum atomic E-state index is 13.0. The molecule has 1 aliphatic rings. The van der Waals surface area contributed by atoms with Crippen LogP contribution in [0.25, 0.3) is 10.6 Å². The molecule has 0 saturated heterocycles. The Hall–Kier alpha value is -2.28.